The van der Waals surface area contributed by atoms with Crippen LogP contribution in [0.2, 0.25) is 0 Å². The maximum Gasteiger partial charge on any atom is 0.316 e. The van der Waals surface area contributed by atoms with Crippen molar-refractivity contribution < 1.29 is 24.2 Å². The van der Waals surface area contributed by atoms with Crippen molar-refractivity contribution in [1.82, 2.24) is 5.01 Å². The monoisotopic (exact) mass is 571 g/mol. The molecule has 0 bridgehead atoms. The number of thioether (sulfide) groups is 1. The summed E-state index contributed by atoms with van der Waals surface area (Å²) in [7, 11) is 0. The highest BCUT2D eigenvalue weighted by Gasteiger charge is 2.25. The number of carbonyl (C=O) groups excluding carboxylic acids is 2. The van der Waals surface area contributed by atoms with E-state index in [4.69, 9.17) is 4.74 Å². The molecule has 41 heavy (non-hydrogen) atoms. The summed E-state index contributed by atoms with van der Waals surface area (Å²) < 4.78 is 5.58. The Bertz CT molecular complexity index is 1450. The van der Waals surface area contributed by atoms with Crippen LogP contribution in [0.3, 0.4) is 0 Å². The van der Waals surface area contributed by atoms with Crippen LogP contribution >= 0.6 is 11.8 Å². The Balaban J connectivity index is 1.31. The summed E-state index contributed by atoms with van der Waals surface area (Å²) in [6, 6.07) is 22.9. The summed E-state index contributed by atoms with van der Waals surface area (Å²) in [6.45, 7) is 1.90. The topological polar surface area (TPSA) is 108 Å². The lowest BCUT2D eigenvalue weighted by molar-refractivity contribution is -0.137. The molecule has 212 valence electrons. The van der Waals surface area contributed by atoms with Crippen molar-refractivity contribution >= 4 is 41.1 Å². The normalized spacial score (nSPS) is 16.2. The third-order valence-corrected chi connectivity index (χ3v) is 8.40. The Morgan fingerprint density at radius 2 is 1.85 bits per heavy atom. The zero-order valence-electron chi connectivity index (χ0n) is 22.9. The van der Waals surface area contributed by atoms with Gasteiger partial charge in [-0.3, -0.25) is 14.4 Å². The quantitative estimate of drug-likeness (QED) is 0.297. The van der Waals surface area contributed by atoms with Gasteiger partial charge in [-0.05, 0) is 72.7 Å². The van der Waals surface area contributed by atoms with Gasteiger partial charge in [0.2, 0.25) is 11.8 Å². The lowest BCUT2D eigenvalue weighted by Gasteiger charge is -2.25. The summed E-state index contributed by atoms with van der Waals surface area (Å²) in [4.78, 5) is 37.7. The van der Waals surface area contributed by atoms with Gasteiger partial charge in [-0.15, -0.1) is 16.9 Å². The van der Waals surface area contributed by atoms with E-state index in [1.165, 1.54) is 16.8 Å². The van der Waals surface area contributed by atoms with E-state index in [1.807, 2.05) is 54.6 Å². The molecular weight excluding hydrogens is 538 g/mol. The van der Waals surface area contributed by atoms with Gasteiger partial charge in [-0.25, -0.2) is 5.01 Å². The first-order valence-electron chi connectivity index (χ1n) is 13.8. The molecule has 1 aliphatic carbocycles. The van der Waals surface area contributed by atoms with Crippen LogP contribution in [-0.2, 0) is 32.1 Å². The first-order valence-corrected chi connectivity index (χ1v) is 14.7. The van der Waals surface area contributed by atoms with Gasteiger partial charge in [-0.2, -0.15) is 0 Å². The van der Waals surface area contributed by atoms with Crippen LogP contribution in [0, 0.1) is 0 Å². The van der Waals surface area contributed by atoms with Crippen molar-refractivity contribution in [3.8, 4) is 0 Å². The van der Waals surface area contributed by atoms with E-state index < -0.39 is 11.2 Å². The molecule has 0 spiro atoms. The highest BCUT2D eigenvalue weighted by atomic mass is 32.2. The minimum absolute atomic E-state index is 0.0591. The zero-order valence-corrected chi connectivity index (χ0v) is 23.7. The van der Waals surface area contributed by atoms with Gasteiger partial charge in [0.25, 0.3) is 5.91 Å². The number of benzene rings is 3. The lowest BCUT2D eigenvalue weighted by Crippen LogP contribution is -2.36. The summed E-state index contributed by atoms with van der Waals surface area (Å²) in [5.41, 5.74) is 4.54. The van der Waals surface area contributed by atoms with Gasteiger partial charge in [-0.1, -0.05) is 55.3 Å². The molecule has 0 aromatic heterocycles. The fraction of sp³-hybridized carbons (Fsp3) is 0.312. The van der Waals surface area contributed by atoms with E-state index in [9.17, 15) is 19.5 Å². The number of aliphatic carboxylic acids is 1. The van der Waals surface area contributed by atoms with Gasteiger partial charge in [0.05, 0.1) is 13.0 Å². The molecule has 1 unspecified atom stereocenters. The number of carboxylic acids is 1. The van der Waals surface area contributed by atoms with Crippen LogP contribution < -0.4 is 5.32 Å². The SMILES string of the molecule is CC(Sc1cccc(NC(=O)Cc2ccc(CN3N=C(c4ccccc4)OCC3=O)cc2C2CCCC2)c1)C(=O)O. The highest BCUT2D eigenvalue weighted by Crippen LogP contribution is 2.37. The van der Waals surface area contributed by atoms with Gasteiger partial charge >= 0.3 is 5.97 Å². The summed E-state index contributed by atoms with van der Waals surface area (Å²) in [5, 5.41) is 17.5. The molecule has 2 aliphatic rings. The number of nitrogens with zero attached hydrogens (tertiary/aromatic N) is 2. The standard InChI is InChI=1S/C32H33N3O5S/c1-21(32(38)39)41-27-13-7-12-26(18-27)33-29(36)17-25-15-14-22(16-28(25)23-8-5-6-9-23)19-35-30(37)20-40-31(34-35)24-10-3-2-4-11-24/h2-4,7,10-16,18,21,23H,5-6,8-9,17,19-20H2,1H3,(H,33,36)(H,38,39). The lowest BCUT2D eigenvalue weighted by atomic mass is 9.89. The number of rotatable bonds is 10. The Kier molecular flexibility index (Phi) is 9.04. The van der Waals surface area contributed by atoms with Crippen molar-refractivity contribution in [2.24, 2.45) is 5.10 Å². The second-order valence-corrected chi connectivity index (χ2v) is 11.8. The van der Waals surface area contributed by atoms with Crippen molar-refractivity contribution in [2.75, 3.05) is 11.9 Å². The highest BCUT2D eigenvalue weighted by molar-refractivity contribution is 8.00. The Hall–Kier alpha value is -4.11. The molecule has 8 nitrogen and oxygen atoms in total. The molecule has 0 saturated heterocycles. The number of carbonyl (C=O) groups is 3. The molecule has 2 amide bonds. The van der Waals surface area contributed by atoms with Crippen LogP contribution in [0.4, 0.5) is 5.69 Å². The summed E-state index contributed by atoms with van der Waals surface area (Å²) in [5.74, 6) is -0.415. The van der Waals surface area contributed by atoms with Crippen LogP contribution in [0.1, 0.15) is 60.8 Å². The molecular formula is C32H33N3O5S. The number of amides is 2. The van der Waals surface area contributed by atoms with E-state index >= 15 is 0 Å². The van der Waals surface area contributed by atoms with Crippen LogP contribution in [0.25, 0.3) is 0 Å². The molecule has 3 aromatic carbocycles. The molecule has 1 fully saturated rings. The predicted molar refractivity (Wildman–Crippen MR) is 159 cm³/mol. The Morgan fingerprint density at radius 3 is 2.61 bits per heavy atom. The minimum atomic E-state index is -0.881. The third kappa shape index (κ3) is 7.35. The number of hydrogen-bond donors (Lipinski definition) is 2. The molecule has 1 atom stereocenters. The van der Waals surface area contributed by atoms with E-state index in [1.54, 1.807) is 19.1 Å². The van der Waals surface area contributed by atoms with Crippen molar-refractivity contribution in [3.05, 3.63) is 95.1 Å². The second-order valence-electron chi connectivity index (χ2n) is 10.4. The maximum absolute atomic E-state index is 13.1. The minimum Gasteiger partial charge on any atom is -0.480 e. The van der Waals surface area contributed by atoms with Crippen molar-refractivity contribution in [1.29, 1.82) is 0 Å². The van der Waals surface area contributed by atoms with E-state index in [0.29, 0.717) is 24.0 Å². The van der Waals surface area contributed by atoms with E-state index in [2.05, 4.69) is 16.5 Å². The second kappa shape index (κ2) is 13.0. The third-order valence-electron chi connectivity index (χ3n) is 7.32. The molecule has 9 heteroatoms. The van der Waals surface area contributed by atoms with Gasteiger partial charge in [0, 0.05) is 16.1 Å². The number of nitrogens with one attached hydrogen (secondary N) is 1. The number of anilines is 1. The molecule has 1 heterocycles. The molecule has 0 radical (unpaired) electrons. The van der Waals surface area contributed by atoms with Gasteiger partial charge in [0.15, 0.2) is 6.61 Å². The first-order chi connectivity index (χ1) is 19.9. The first kappa shape index (κ1) is 28.4. The number of hydrogen-bond acceptors (Lipinski definition) is 6. The average Bonchev–Trinajstić information content (AvgIpc) is 3.50. The molecule has 5 rings (SSSR count). The van der Waals surface area contributed by atoms with Crippen molar-refractivity contribution in [3.63, 3.8) is 0 Å². The number of ether oxygens (including phenoxy) is 1. The molecule has 1 saturated carbocycles. The van der Waals surface area contributed by atoms with Crippen molar-refractivity contribution in [2.45, 2.75) is 61.6 Å². The smallest absolute Gasteiger partial charge is 0.316 e. The fourth-order valence-corrected chi connectivity index (χ4v) is 6.08. The molecule has 3 aromatic rings. The largest absolute Gasteiger partial charge is 0.480 e. The van der Waals surface area contributed by atoms with Gasteiger partial charge in [0.1, 0.15) is 5.25 Å². The average molecular weight is 572 g/mol. The summed E-state index contributed by atoms with van der Waals surface area (Å²) >= 11 is 1.24. The van der Waals surface area contributed by atoms with E-state index in [0.717, 1.165) is 52.8 Å². The van der Waals surface area contributed by atoms with Crippen LogP contribution in [-0.4, -0.2) is 45.7 Å². The molecule has 1 aliphatic heterocycles. The Labute approximate surface area is 243 Å². The van der Waals surface area contributed by atoms with Gasteiger partial charge < -0.3 is 15.2 Å². The molecule has 2 N–H and O–H groups in total. The van der Waals surface area contributed by atoms with E-state index in [-0.39, 0.29) is 24.8 Å². The number of hydrazone groups is 1. The van der Waals surface area contributed by atoms with Crippen LogP contribution in [0.15, 0.2) is 82.8 Å². The Morgan fingerprint density at radius 1 is 1.07 bits per heavy atom. The van der Waals surface area contributed by atoms with Crippen LogP contribution in [0.5, 0.6) is 0 Å². The predicted octanol–water partition coefficient (Wildman–Crippen LogP) is 5.81. The maximum atomic E-state index is 13.1. The zero-order chi connectivity index (χ0) is 28.8. The fourth-order valence-electron chi connectivity index (χ4n) is 5.22. The summed E-state index contributed by atoms with van der Waals surface area (Å²) in [6.07, 6.45) is 4.69. The number of carboxylic acid groups (broad SMARTS) is 1.